The molecule has 0 aliphatic rings. The predicted molar refractivity (Wildman–Crippen MR) is 72.7 cm³/mol. The summed E-state index contributed by atoms with van der Waals surface area (Å²) >= 11 is 0. The van der Waals surface area contributed by atoms with Crippen LogP contribution in [0.5, 0.6) is 0 Å². The Bertz CT molecular complexity index is 566. The van der Waals surface area contributed by atoms with Crippen molar-refractivity contribution in [2.75, 3.05) is 0 Å². The van der Waals surface area contributed by atoms with Crippen molar-refractivity contribution in [3.63, 3.8) is 0 Å². The molecule has 0 saturated carbocycles. The Hall–Kier alpha value is -2.23. The lowest BCUT2D eigenvalue weighted by Gasteiger charge is -2.21. The highest BCUT2D eigenvalue weighted by Gasteiger charge is 2.35. The third-order valence-corrected chi connectivity index (χ3v) is 3.47. The molecule has 98 valence electrons. The second-order valence-corrected chi connectivity index (χ2v) is 4.64. The first-order valence-electron chi connectivity index (χ1n) is 6.19. The van der Waals surface area contributed by atoms with E-state index in [9.17, 15) is 9.90 Å². The fourth-order valence-electron chi connectivity index (χ4n) is 1.81. The topological polar surface area (TPSA) is 63.1 Å². The molecule has 0 spiro atoms. The van der Waals surface area contributed by atoms with Gasteiger partial charge in [0.2, 0.25) is 0 Å². The van der Waals surface area contributed by atoms with E-state index in [-0.39, 0.29) is 0 Å². The lowest BCUT2D eigenvalue weighted by atomic mass is 9.84. The molecule has 4 heteroatoms. The van der Waals surface area contributed by atoms with Crippen molar-refractivity contribution in [3.05, 3.63) is 48.4 Å². The number of hydrogen-bond donors (Lipinski definition) is 1. The van der Waals surface area contributed by atoms with E-state index in [1.54, 1.807) is 19.3 Å². The number of aliphatic carboxylic acids is 1. The maximum atomic E-state index is 11.3. The van der Waals surface area contributed by atoms with Crippen LogP contribution in [0.1, 0.15) is 26.0 Å². The van der Waals surface area contributed by atoms with E-state index >= 15 is 0 Å². The summed E-state index contributed by atoms with van der Waals surface area (Å²) in [5.74, 6) is -0.878. The third kappa shape index (κ3) is 2.47. The van der Waals surface area contributed by atoms with Crippen LogP contribution in [0.25, 0.3) is 11.3 Å². The maximum absolute atomic E-state index is 11.3. The molecule has 1 atom stereocenters. The molecular weight excluding hydrogens is 240 g/mol. The van der Waals surface area contributed by atoms with Crippen LogP contribution in [0.4, 0.5) is 0 Å². The summed E-state index contributed by atoms with van der Waals surface area (Å²) in [6.45, 7) is 3.50. The number of carboxylic acids is 1. The number of carboxylic acid groups (broad SMARTS) is 1. The van der Waals surface area contributed by atoms with Crippen LogP contribution in [0.3, 0.4) is 0 Å². The summed E-state index contributed by atoms with van der Waals surface area (Å²) in [7, 11) is 0. The average Bonchev–Trinajstić information content (AvgIpc) is 2.47. The Kier molecular flexibility index (Phi) is 3.60. The van der Waals surface area contributed by atoms with Gasteiger partial charge >= 0.3 is 5.97 Å². The van der Waals surface area contributed by atoms with Crippen LogP contribution in [-0.4, -0.2) is 21.0 Å². The van der Waals surface area contributed by atoms with Crippen LogP contribution in [0.2, 0.25) is 0 Å². The molecule has 1 unspecified atom stereocenters. The zero-order chi connectivity index (χ0) is 13.9. The normalized spacial score (nSPS) is 13.8. The summed E-state index contributed by atoms with van der Waals surface area (Å²) in [5.41, 5.74) is 1.22. The Morgan fingerprint density at radius 3 is 2.37 bits per heavy atom. The average molecular weight is 256 g/mol. The van der Waals surface area contributed by atoms with E-state index in [0.717, 1.165) is 11.3 Å². The van der Waals surface area contributed by atoms with Crippen LogP contribution in [0, 0.1) is 0 Å². The van der Waals surface area contributed by atoms with Crippen LogP contribution < -0.4 is 0 Å². The van der Waals surface area contributed by atoms with Crippen molar-refractivity contribution >= 4 is 5.97 Å². The fourth-order valence-corrected chi connectivity index (χ4v) is 1.81. The third-order valence-electron chi connectivity index (χ3n) is 3.47. The Morgan fingerprint density at radius 1 is 1.21 bits per heavy atom. The van der Waals surface area contributed by atoms with Gasteiger partial charge in [-0.1, -0.05) is 37.3 Å². The highest BCUT2D eigenvalue weighted by atomic mass is 16.4. The van der Waals surface area contributed by atoms with Gasteiger partial charge < -0.3 is 5.11 Å². The fraction of sp³-hybridized carbons (Fsp3) is 0.267. The first-order valence-corrected chi connectivity index (χ1v) is 6.19. The van der Waals surface area contributed by atoms with Gasteiger partial charge in [0, 0.05) is 5.56 Å². The van der Waals surface area contributed by atoms with Gasteiger partial charge in [0.1, 0.15) is 5.41 Å². The molecule has 2 aromatic rings. The molecule has 1 heterocycles. The largest absolute Gasteiger partial charge is 0.481 e. The number of hydrogen-bond acceptors (Lipinski definition) is 3. The molecule has 1 aromatic carbocycles. The molecule has 4 nitrogen and oxygen atoms in total. The molecule has 1 aromatic heterocycles. The quantitative estimate of drug-likeness (QED) is 0.913. The van der Waals surface area contributed by atoms with Gasteiger partial charge in [-0.25, -0.2) is 0 Å². The molecule has 19 heavy (non-hydrogen) atoms. The smallest absolute Gasteiger partial charge is 0.315 e. The molecule has 0 amide bonds. The molecule has 0 fully saturated rings. The second-order valence-electron chi connectivity index (χ2n) is 4.64. The number of rotatable bonds is 4. The van der Waals surface area contributed by atoms with E-state index in [0.29, 0.717) is 12.1 Å². The van der Waals surface area contributed by atoms with Crippen LogP contribution in [0.15, 0.2) is 42.7 Å². The summed E-state index contributed by atoms with van der Waals surface area (Å²) in [6, 6.07) is 9.68. The Morgan fingerprint density at radius 2 is 1.89 bits per heavy atom. The Labute approximate surface area is 112 Å². The number of nitrogens with zero attached hydrogens (tertiary/aromatic N) is 2. The van der Waals surface area contributed by atoms with E-state index in [2.05, 4.69) is 9.97 Å². The van der Waals surface area contributed by atoms with Crippen molar-refractivity contribution in [3.8, 4) is 11.3 Å². The highest BCUT2D eigenvalue weighted by Crippen LogP contribution is 2.26. The standard InChI is InChI=1S/C15H16N2O2/c1-3-15(2,14(18)19)13-10-16-12(9-17-13)11-7-5-4-6-8-11/h4-10H,3H2,1-2H3,(H,18,19). The lowest BCUT2D eigenvalue weighted by Crippen LogP contribution is -2.32. The first-order chi connectivity index (χ1) is 9.08. The van der Waals surface area contributed by atoms with E-state index in [1.165, 1.54) is 0 Å². The molecule has 0 radical (unpaired) electrons. The molecule has 1 N–H and O–H groups in total. The van der Waals surface area contributed by atoms with E-state index < -0.39 is 11.4 Å². The van der Waals surface area contributed by atoms with Gasteiger partial charge in [-0.3, -0.25) is 14.8 Å². The van der Waals surface area contributed by atoms with Gasteiger partial charge in [0.25, 0.3) is 0 Å². The second kappa shape index (κ2) is 5.18. The molecule has 0 aliphatic heterocycles. The summed E-state index contributed by atoms with van der Waals surface area (Å²) in [6.07, 6.45) is 3.66. The van der Waals surface area contributed by atoms with Gasteiger partial charge in [0.15, 0.2) is 0 Å². The minimum Gasteiger partial charge on any atom is -0.481 e. The first kappa shape index (κ1) is 13.2. The zero-order valence-corrected chi connectivity index (χ0v) is 11.0. The summed E-state index contributed by atoms with van der Waals surface area (Å²) in [4.78, 5) is 19.9. The van der Waals surface area contributed by atoms with Crippen molar-refractivity contribution in [1.29, 1.82) is 0 Å². The van der Waals surface area contributed by atoms with Crippen molar-refractivity contribution < 1.29 is 9.90 Å². The molecular formula is C15H16N2O2. The molecule has 0 saturated heterocycles. The molecule has 0 bridgehead atoms. The number of aromatic nitrogens is 2. The predicted octanol–water partition coefficient (Wildman–Crippen LogP) is 2.90. The molecule has 0 aliphatic carbocycles. The molecule has 2 rings (SSSR count). The maximum Gasteiger partial charge on any atom is 0.315 e. The zero-order valence-electron chi connectivity index (χ0n) is 11.0. The van der Waals surface area contributed by atoms with Gasteiger partial charge in [-0.2, -0.15) is 0 Å². The summed E-state index contributed by atoms with van der Waals surface area (Å²) in [5, 5.41) is 9.30. The Balaban J connectivity index is 2.36. The van der Waals surface area contributed by atoms with Crippen molar-refractivity contribution in [2.24, 2.45) is 0 Å². The minimum atomic E-state index is -0.984. The van der Waals surface area contributed by atoms with Crippen LogP contribution >= 0.6 is 0 Å². The highest BCUT2D eigenvalue weighted by molar-refractivity contribution is 5.80. The van der Waals surface area contributed by atoms with Gasteiger partial charge in [-0.15, -0.1) is 0 Å². The minimum absolute atomic E-state index is 0.474. The lowest BCUT2D eigenvalue weighted by molar-refractivity contribution is -0.143. The van der Waals surface area contributed by atoms with E-state index in [4.69, 9.17) is 0 Å². The van der Waals surface area contributed by atoms with Gasteiger partial charge in [-0.05, 0) is 13.3 Å². The van der Waals surface area contributed by atoms with Crippen LogP contribution in [-0.2, 0) is 10.2 Å². The van der Waals surface area contributed by atoms with E-state index in [1.807, 2.05) is 37.3 Å². The summed E-state index contributed by atoms with van der Waals surface area (Å²) < 4.78 is 0. The number of carbonyl (C=O) groups is 1. The monoisotopic (exact) mass is 256 g/mol. The van der Waals surface area contributed by atoms with Crippen molar-refractivity contribution in [2.45, 2.75) is 25.7 Å². The SMILES string of the molecule is CCC(C)(C(=O)O)c1cnc(-c2ccccc2)cn1. The number of benzene rings is 1. The van der Waals surface area contributed by atoms with Gasteiger partial charge in [0.05, 0.1) is 23.8 Å². The van der Waals surface area contributed by atoms with Crippen molar-refractivity contribution in [1.82, 2.24) is 9.97 Å².